The summed E-state index contributed by atoms with van der Waals surface area (Å²) in [6.07, 6.45) is 5.02. The summed E-state index contributed by atoms with van der Waals surface area (Å²) in [4.78, 5) is 0. The van der Waals surface area contributed by atoms with Crippen molar-refractivity contribution in [1.29, 1.82) is 0 Å². The number of fused-ring (bicyclic) bond motifs is 4. The fourth-order valence-corrected chi connectivity index (χ4v) is 3.46. The van der Waals surface area contributed by atoms with Gasteiger partial charge in [0.05, 0.1) is 0 Å². The first-order valence-corrected chi connectivity index (χ1v) is 6.83. The van der Waals surface area contributed by atoms with Crippen molar-refractivity contribution in [1.82, 2.24) is 10.6 Å². The van der Waals surface area contributed by atoms with Crippen molar-refractivity contribution in [2.45, 2.75) is 25.0 Å². The third-order valence-corrected chi connectivity index (χ3v) is 4.37. The van der Waals surface area contributed by atoms with Crippen molar-refractivity contribution in [3.63, 3.8) is 0 Å². The van der Waals surface area contributed by atoms with Crippen LogP contribution in [0.5, 0.6) is 5.75 Å². The normalized spacial score (nSPS) is 33.6. The summed E-state index contributed by atoms with van der Waals surface area (Å²) >= 11 is 0. The Morgan fingerprint density at radius 1 is 1.17 bits per heavy atom. The molecule has 3 atom stereocenters. The molecule has 2 heterocycles. The average Bonchev–Trinajstić information content (AvgIpc) is 2.45. The smallest absolute Gasteiger partial charge is 0.127 e. The topological polar surface area (TPSA) is 33.3 Å². The SMILES string of the molecule is C1=C2C(CCC3CNCNC23)Oc2ccccc21. The van der Waals surface area contributed by atoms with Crippen LogP contribution in [0.4, 0.5) is 0 Å². The van der Waals surface area contributed by atoms with E-state index in [1.807, 2.05) is 6.07 Å². The Bertz CT molecular complexity index is 497. The van der Waals surface area contributed by atoms with Crippen LogP contribution in [0.3, 0.4) is 0 Å². The van der Waals surface area contributed by atoms with Gasteiger partial charge in [-0.3, -0.25) is 5.32 Å². The molecule has 2 fully saturated rings. The Morgan fingerprint density at radius 2 is 2.11 bits per heavy atom. The van der Waals surface area contributed by atoms with Crippen LogP contribution in [0.1, 0.15) is 18.4 Å². The number of hydrogen-bond acceptors (Lipinski definition) is 3. The summed E-state index contributed by atoms with van der Waals surface area (Å²) in [7, 11) is 0. The Labute approximate surface area is 107 Å². The fraction of sp³-hybridized carbons (Fsp3) is 0.467. The quantitative estimate of drug-likeness (QED) is 0.727. The largest absolute Gasteiger partial charge is 0.485 e. The van der Waals surface area contributed by atoms with Crippen LogP contribution in [-0.4, -0.2) is 25.4 Å². The van der Waals surface area contributed by atoms with Crippen LogP contribution >= 0.6 is 0 Å². The fourth-order valence-electron chi connectivity index (χ4n) is 3.46. The summed E-state index contributed by atoms with van der Waals surface area (Å²) in [6, 6.07) is 8.84. The van der Waals surface area contributed by atoms with Crippen LogP contribution in [-0.2, 0) is 0 Å². The lowest BCUT2D eigenvalue weighted by molar-refractivity contribution is 0.143. The molecule has 0 bridgehead atoms. The molecule has 1 aromatic rings. The first kappa shape index (κ1) is 10.6. The van der Waals surface area contributed by atoms with Gasteiger partial charge in [-0.1, -0.05) is 18.2 Å². The van der Waals surface area contributed by atoms with Gasteiger partial charge in [0.2, 0.25) is 0 Å². The van der Waals surface area contributed by atoms with Gasteiger partial charge in [-0.15, -0.1) is 0 Å². The van der Waals surface area contributed by atoms with E-state index in [2.05, 4.69) is 34.9 Å². The molecule has 0 radical (unpaired) electrons. The minimum absolute atomic E-state index is 0.284. The van der Waals surface area contributed by atoms with Gasteiger partial charge in [0.1, 0.15) is 11.9 Å². The van der Waals surface area contributed by atoms with E-state index in [9.17, 15) is 0 Å². The van der Waals surface area contributed by atoms with Gasteiger partial charge in [0.15, 0.2) is 0 Å². The van der Waals surface area contributed by atoms with Gasteiger partial charge in [0, 0.05) is 24.8 Å². The van der Waals surface area contributed by atoms with E-state index >= 15 is 0 Å². The van der Waals surface area contributed by atoms with Gasteiger partial charge in [-0.2, -0.15) is 0 Å². The molecule has 1 saturated carbocycles. The predicted molar refractivity (Wildman–Crippen MR) is 71.4 cm³/mol. The third-order valence-electron chi connectivity index (χ3n) is 4.37. The summed E-state index contributed by atoms with van der Waals surface area (Å²) < 4.78 is 6.16. The van der Waals surface area contributed by atoms with Gasteiger partial charge in [-0.05, 0) is 36.5 Å². The second-order valence-electron chi connectivity index (χ2n) is 5.44. The van der Waals surface area contributed by atoms with Gasteiger partial charge >= 0.3 is 0 Å². The zero-order chi connectivity index (χ0) is 11.9. The molecule has 1 aromatic carbocycles. The van der Waals surface area contributed by atoms with E-state index in [1.165, 1.54) is 17.6 Å². The molecule has 0 amide bonds. The third kappa shape index (κ3) is 1.58. The van der Waals surface area contributed by atoms with Crippen LogP contribution in [0, 0.1) is 5.92 Å². The molecule has 2 aliphatic heterocycles. The molecule has 3 aliphatic rings. The summed E-state index contributed by atoms with van der Waals surface area (Å²) in [6.45, 7) is 2.04. The van der Waals surface area contributed by atoms with Crippen molar-refractivity contribution in [3.8, 4) is 5.75 Å². The average molecular weight is 242 g/mol. The maximum absolute atomic E-state index is 6.16. The molecule has 1 aliphatic carbocycles. The number of benzene rings is 1. The Hall–Kier alpha value is -1.32. The maximum atomic E-state index is 6.16. The Kier molecular flexibility index (Phi) is 2.42. The molecular weight excluding hydrogens is 224 g/mol. The van der Waals surface area contributed by atoms with Crippen LogP contribution in [0.25, 0.3) is 6.08 Å². The predicted octanol–water partition coefficient (Wildman–Crippen LogP) is 1.76. The second-order valence-corrected chi connectivity index (χ2v) is 5.44. The monoisotopic (exact) mass is 242 g/mol. The van der Waals surface area contributed by atoms with Crippen LogP contribution < -0.4 is 15.4 Å². The first-order valence-electron chi connectivity index (χ1n) is 6.83. The summed E-state index contributed by atoms with van der Waals surface area (Å²) in [5, 5.41) is 7.01. The van der Waals surface area contributed by atoms with Crippen molar-refractivity contribution >= 4 is 6.08 Å². The van der Waals surface area contributed by atoms with E-state index in [-0.39, 0.29) is 6.10 Å². The molecule has 94 valence electrons. The summed E-state index contributed by atoms with van der Waals surface area (Å²) in [5.74, 6) is 1.76. The number of para-hydroxylation sites is 1. The van der Waals surface area contributed by atoms with E-state index in [4.69, 9.17) is 4.74 Å². The molecule has 1 saturated heterocycles. The standard InChI is InChI=1S/C15H18N2O/c1-2-4-13-10(3-1)7-12-14(18-13)6-5-11-8-16-9-17-15(11)12/h1-4,7,11,14-17H,5-6,8-9H2. The van der Waals surface area contributed by atoms with E-state index in [0.717, 1.165) is 31.3 Å². The van der Waals surface area contributed by atoms with Crippen molar-refractivity contribution < 1.29 is 4.74 Å². The van der Waals surface area contributed by atoms with Crippen LogP contribution in [0.2, 0.25) is 0 Å². The molecular formula is C15H18N2O. The zero-order valence-electron chi connectivity index (χ0n) is 10.4. The van der Waals surface area contributed by atoms with Crippen molar-refractivity contribution in [3.05, 3.63) is 35.4 Å². The number of nitrogens with one attached hydrogen (secondary N) is 2. The van der Waals surface area contributed by atoms with Crippen LogP contribution in [0.15, 0.2) is 29.8 Å². The lowest BCUT2D eigenvalue weighted by atomic mass is 9.76. The highest BCUT2D eigenvalue weighted by Gasteiger charge is 2.38. The first-order chi connectivity index (χ1) is 8.92. The molecule has 3 heteroatoms. The molecule has 0 spiro atoms. The van der Waals surface area contributed by atoms with E-state index < -0.39 is 0 Å². The zero-order valence-corrected chi connectivity index (χ0v) is 10.4. The van der Waals surface area contributed by atoms with Gasteiger partial charge in [0.25, 0.3) is 0 Å². The van der Waals surface area contributed by atoms with Crippen molar-refractivity contribution in [2.24, 2.45) is 5.92 Å². The number of rotatable bonds is 0. The Balaban J connectivity index is 1.74. The highest BCUT2D eigenvalue weighted by Crippen LogP contribution is 2.39. The minimum Gasteiger partial charge on any atom is -0.485 e. The molecule has 3 unspecified atom stereocenters. The van der Waals surface area contributed by atoms with Gasteiger partial charge < -0.3 is 10.1 Å². The molecule has 3 nitrogen and oxygen atoms in total. The number of hydrogen-bond donors (Lipinski definition) is 2. The second kappa shape index (κ2) is 4.11. The van der Waals surface area contributed by atoms with E-state index in [0.29, 0.717) is 6.04 Å². The Morgan fingerprint density at radius 3 is 3.11 bits per heavy atom. The highest BCUT2D eigenvalue weighted by atomic mass is 16.5. The molecule has 18 heavy (non-hydrogen) atoms. The minimum atomic E-state index is 0.284. The highest BCUT2D eigenvalue weighted by molar-refractivity contribution is 5.64. The van der Waals surface area contributed by atoms with Crippen molar-refractivity contribution in [2.75, 3.05) is 13.2 Å². The number of ether oxygens (including phenoxy) is 1. The summed E-state index contributed by atoms with van der Waals surface area (Å²) in [5.41, 5.74) is 2.68. The lowest BCUT2D eigenvalue weighted by Gasteiger charge is -2.43. The molecule has 4 rings (SSSR count). The molecule has 2 N–H and O–H groups in total. The lowest BCUT2D eigenvalue weighted by Crippen LogP contribution is -2.56. The maximum Gasteiger partial charge on any atom is 0.127 e. The van der Waals surface area contributed by atoms with Gasteiger partial charge in [-0.25, -0.2) is 0 Å². The van der Waals surface area contributed by atoms with E-state index in [1.54, 1.807) is 0 Å². The molecule has 0 aromatic heterocycles.